The fraction of sp³-hybridized carbons (Fsp3) is 0.818. The molecule has 1 aliphatic heterocycles. The van der Waals surface area contributed by atoms with Crippen molar-refractivity contribution in [2.75, 3.05) is 32.8 Å². The van der Waals surface area contributed by atoms with Crippen molar-refractivity contribution < 1.29 is 14.3 Å². The molecule has 0 aliphatic carbocycles. The van der Waals surface area contributed by atoms with Crippen LogP contribution in [-0.4, -0.2) is 49.6 Å². The first-order valence-electron chi connectivity index (χ1n) is 5.86. The molecule has 1 fully saturated rings. The average Bonchev–Trinajstić information content (AvgIpc) is 2.79. The Hall–Kier alpha value is -1.10. The van der Waals surface area contributed by atoms with Gasteiger partial charge in [0.05, 0.1) is 13.2 Å². The maximum absolute atomic E-state index is 11.6. The first kappa shape index (κ1) is 13.0. The zero-order valence-electron chi connectivity index (χ0n) is 9.83. The van der Waals surface area contributed by atoms with Crippen LogP contribution in [0.3, 0.4) is 0 Å². The lowest BCUT2D eigenvalue weighted by Crippen LogP contribution is -2.38. The molecule has 2 amide bonds. The van der Waals surface area contributed by atoms with Crippen LogP contribution in [0.5, 0.6) is 0 Å². The normalized spacial score (nSPS) is 15.2. The highest BCUT2D eigenvalue weighted by Crippen LogP contribution is 2.06. The summed E-state index contributed by atoms with van der Waals surface area (Å²) in [6.45, 7) is 4.68. The fourth-order valence-corrected chi connectivity index (χ4v) is 1.65. The van der Waals surface area contributed by atoms with Crippen molar-refractivity contribution in [1.82, 2.24) is 10.2 Å². The summed E-state index contributed by atoms with van der Waals surface area (Å²) in [5, 5.41) is 2.61. The first-order chi connectivity index (χ1) is 7.74. The van der Waals surface area contributed by atoms with Gasteiger partial charge in [-0.2, -0.15) is 0 Å². The van der Waals surface area contributed by atoms with Gasteiger partial charge in [0.25, 0.3) is 0 Å². The molecule has 1 aliphatic rings. The largest absolute Gasteiger partial charge is 0.381 e. The number of likely N-dealkylation sites (tertiary alicyclic amines) is 1. The molecule has 1 rings (SSSR count). The first-order valence-corrected chi connectivity index (χ1v) is 5.86. The van der Waals surface area contributed by atoms with Crippen LogP contribution < -0.4 is 5.32 Å². The van der Waals surface area contributed by atoms with Crippen molar-refractivity contribution in [3.05, 3.63) is 0 Å². The van der Waals surface area contributed by atoms with E-state index in [9.17, 15) is 9.59 Å². The van der Waals surface area contributed by atoms with E-state index in [4.69, 9.17) is 4.74 Å². The Bertz CT molecular complexity index is 237. The highest BCUT2D eigenvalue weighted by molar-refractivity contribution is 5.84. The molecule has 0 aromatic heterocycles. The van der Waals surface area contributed by atoms with Crippen LogP contribution in [0.2, 0.25) is 0 Å². The van der Waals surface area contributed by atoms with Gasteiger partial charge in [0.2, 0.25) is 11.8 Å². The Balaban J connectivity index is 2.08. The zero-order valence-corrected chi connectivity index (χ0v) is 9.83. The number of hydrogen-bond acceptors (Lipinski definition) is 3. The number of carbonyl (C=O) groups excluding carboxylic acids is 2. The van der Waals surface area contributed by atoms with Gasteiger partial charge < -0.3 is 15.0 Å². The van der Waals surface area contributed by atoms with Gasteiger partial charge in [-0.15, -0.1) is 0 Å². The number of amides is 2. The fourth-order valence-electron chi connectivity index (χ4n) is 1.65. The lowest BCUT2D eigenvalue weighted by molar-refractivity contribution is -0.132. The monoisotopic (exact) mass is 228 g/mol. The van der Waals surface area contributed by atoms with Gasteiger partial charge in [-0.05, 0) is 19.8 Å². The SMILES string of the molecule is CCOCCC(=O)NCC(=O)N1CCCC1. The predicted molar refractivity (Wildman–Crippen MR) is 59.9 cm³/mol. The second-order valence-corrected chi connectivity index (χ2v) is 3.81. The molecule has 92 valence electrons. The molecule has 0 atom stereocenters. The van der Waals surface area contributed by atoms with Crippen molar-refractivity contribution in [2.45, 2.75) is 26.2 Å². The molecule has 5 heteroatoms. The summed E-state index contributed by atoms with van der Waals surface area (Å²) in [6, 6.07) is 0. The van der Waals surface area contributed by atoms with E-state index in [-0.39, 0.29) is 18.4 Å². The molecule has 1 heterocycles. The minimum Gasteiger partial charge on any atom is -0.381 e. The maximum Gasteiger partial charge on any atom is 0.241 e. The van der Waals surface area contributed by atoms with E-state index < -0.39 is 0 Å². The number of hydrogen-bond donors (Lipinski definition) is 1. The summed E-state index contributed by atoms with van der Waals surface area (Å²) in [6.07, 6.45) is 2.47. The van der Waals surface area contributed by atoms with Crippen LogP contribution in [0.15, 0.2) is 0 Å². The molecular formula is C11H20N2O3. The second-order valence-electron chi connectivity index (χ2n) is 3.81. The summed E-state index contributed by atoms with van der Waals surface area (Å²) < 4.78 is 5.05. The standard InChI is InChI=1S/C11H20N2O3/c1-2-16-8-5-10(14)12-9-11(15)13-6-3-4-7-13/h2-9H2,1H3,(H,12,14). The van der Waals surface area contributed by atoms with Crippen LogP contribution in [0.25, 0.3) is 0 Å². The van der Waals surface area contributed by atoms with Gasteiger partial charge in [-0.1, -0.05) is 0 Å². The second kappa shape index (κ2) is 7.22. The van der Waals surface area contributed by atoms with Crippen LogP contribution >= 0.6 is 0 Å². The van der Waals surface area contributed by atoms with Gasteiger partial charge in [-0.3, -0.25) is 9.59 Å². The van der Waals surface area contributed by atoms with Crippen LogP contribution in [0, 0.1) is 0 Å². The van der Waals surface area contributed by atoms with Crippen molar-refractivity contribution in [3.63, 3.8) is 0 Å². The molecule has 1 saturated heterocycles. The van der Waals surface area contributed by atoms with E-state index in [1.165, 1.54) is 0 Å². The summed E-state index contributed by atoms with van der Waals surface area (Å²) in [5.41, 5.74) is 0. The predicted octanol–water partition coefficient (Wildman–Crippen LogP) is 0.152. The highest BCUT2D eigenvalue weighted by Gasteiger charge is 2.17. The number of nitrogens with zero attached hydrogens (tertiary/aromatic N) is 1. The molecule has 1 N–H and O–H groups in total. The van der Waals surface area contributed by atoms with Crippen molar-refractivity contribution in [1.29, 1.82) is 0 Å². The molecule has 0 bridgehead atoms. The Morgan fingerprint density at radius 2 is 2.00 bits per heavy atom. The third-order valence-corrected chi connectivity index (χ3v) is 2.57. The smallest absolute Gasteiger partial charge is 0.241 e. The molecule has 0 spiro atoms. The van der Waals surface area contributed by atoms with E-state index in [0.717, 1.165) is 25.9 Å². The average molecular weight is 228 g/mol. The highest BCUT2D eigenvalue weighted by atomic mass is 16.5. The van der Waals surface area contributed by atoms with Gasteiger partial charge >= 0.3 is 0 Å². The van der Waals surface area contributed by atoms with Crippen molar-refractivity contribution >= 4 is 11.8 Å². The van der Waals surface area contributed by atoms with E-state index in [1.54, 1.807) is 4.90 Å². The molecule has 16 heavy (non-hydrogen) atoms. The van der Waals surface area contributed by atoms with Crippen LogP contribution in [-0.2, 0) is 14.3 Å². The van der Waals surface area contributed by atoms with Gasteiger partial charge in [0.1, 0.15) is 0 Å². The molecule has 0 saturated carbocycles. The van der Waals surface area contributed by atoms with Gasteiger partial charge in [0.15, 0.2) is 0 Å². The van der Waals surface area contributed by atoms with Gasteiger partial charge in [0, 0.05) is 26.1 Å². The third-order valence-electron chi connectivity index (χ3n) is 2.57. The zero-order chi connectivity index (χ0) is 11.8. The van der Waals surface area contributed by atoms with Crippen molar-refractivity contribution in [2.24, 2.45) is 0 Å². The lowest BCUT2D eigenvalue weighted by atomic mass is 10.4. The van der Waals surface area contributed by atoms with E-state index in [0.29, 0.717) is 19.6 Å². The van der Waals surface area contributed by atoms with Crippen LogP contribution in [0.4, 0.5) is 0 Å². The minimum absolute atomic E-state index is 0.0160. The van der Waals surface area contributed by atoms with Crippen LogP contribution in [0.1, 0.15) is 26.2 Å². The summed E-state index contributed by atoms with van der Waals surface area (Å²) in [5.74, 6) is -0.108. The Labute approximate surface area is 96.1 Å². The summed E-state index contributed by atoms with van der Waals surface area (Å²) >= 11 is 0. The van der Waals surface area contributed by atoms with E-state index >= 15 is 0 Å². The third kappa shape index (κ3) is 4.61. The molecule has 0 unspecified atom stereocenters. The summed E-state index contributed by atoms with van der Waals surface area (Å²) in [7, 11) is 0. The van der Waals surface area contributed by atoms with E-state index in [2.05, 4.69) is 5.32 Å². The van der Waals surface area contributed by atoms with Crippen molar-refractivity contribution in [3.8, 4) is 0 Å². The Kier molecular flexibility index (Phi) is 5.85. The minimum atomic E-state index is -0.124. The lowest BCUT2D eigenvalue weighted by Gasteiger charge is -2.15. The number of ether oxygens (including phenoxy) is 1. The number of nitrogens with one attached hydrogen (secondary N) is 1. The maximum atomic E-state index is 11.6. The topological polar surface area (TPSA) is 58.6 Å². The number of rotatable bonds is 6. The van der Waals surface area contributed by atoms with Gasteiger partial charge in [-0.25, -0.2) is 0 Å². The molecule has 5 nitrogen and oxygen atoms in total. The Morgan fingerprint density at radius 1 is 1.31 bits per heavy atom. The number of carbonyl (C=O) groups is 2. The quantitative estimate of drug-likeness (QED) is 0.658. The molecule has 0 radical (unpaired) electrons. The molecule has 0 aromatic rings. The Morgan fingerprint density at radius 3 is 2.62 bits per heavy atom. The molecular weight excluding hydrogens is 208 g/mol. The van der Waals surface area contributed by atoms with E-state index in [1.807, 2.05) is 6.92 Å². The molecule has 0 aromatic carbocycles. The summed E-state index contributed by atoms with van der Waals surface area (Å²) in [4.78, 5) is 24.6.